The van der Waals surface area contributed by atoms with Crippen LogP contribution in [0.15, 0.2) is 36.1 Å². The Bertz CT molecular complexity index is 1020. The highest BCUT2D eigenvalue weighted by Gasteiger charge is 2.10. The molecule has 0 atom stereocenters. The van der Waals surface area contributed by atoms with E-state index in [0.717, 1.165) is 33.5 Å². The van der Waals surface area contributed by atoms with Crippen molar-refractivity contribution in [1.82, 2.24) is 24.9 Å². The molecule has 0 saturated carbocycles. The SMILES string of the molecule is O=C(Cc1c[nH]c2ccc(Cl)cc12)NCCc1csc2ncnn12. The maximum absolute atomic E-state index is 12.2. The molecule has 24 heavy (non-hydrogen) atoms. The van der Waals surface area contributed by atoms with Gasteiger partial charge in [0.15, 0.2) is 0 Å². The Balaban J connectivity index is 1.38. The van der Waals surface area contributed by atoms with Gasteiger partial charge in [0.2, 0.25) is 10.9 Å². The third-order valence-corrected chi connectivity index (χ3v) is 4.99. The Labute approximate surface area is 146 Å². The maximum Gasteiger partial charge on any atom is 0.224 e. The highest BCUT2D eigenvalue weighted by Crippen LogP contribution is 2.22. The molecule has 4 rings (SSSR count). The minimum atomic E-state index is -0.0130. The number of benzene rings is 1. The number of thiazole rings is 1. The van der Waals surface area contributed by atoms with E-state index in [1.165, 1.54) is 6.33 Å². The second kappa shape index (κ2) is 6.26. The summed E-state index contributed by atoms with van der Waals surface area (Å²) in [5.41, 5.74) is 2.97. The molecule has 6 nitrogen and oxygen atoms in total. The van der Waals surface area contributed by atoms with Crippen molar-refractivity contribution in [3.8, 4) is 0 Å². The lowest BCUT2D eigenvalue weighted by Gasteiger charge is -2.04. The van der Waals surface area contributed by atoms with Gasteiger partial charge in [0.05, 0.1) is 12.1 Å². The van der Waals surface area contributed by atoms with Gasteiger partial charge < -0.3 is 10.3 Å². The van der Waals surface area contributed by atoms with Crippen LogP contribution < -0.4 is 5.32 Å². The number of fused-ring (bicyclic) bond motifs is 2. The summed E-state index contributed by atoms with van der Waals surface area (Å²) in [6.07, 6.45) is 4.44. The lowest BCUT2D eigenvalue weighted by atomic mass is 10.1. The molecule has 1 aromatic carbocycles. The molecule has 8 heteroatoms. The van der Waals surface area contributed by atoms with E-state index in [2.05, 4.69) is 20.4 Å². The molecule has 0 aliphatic rings. The number of carbonyl (C=O) groups is 1. The van der Waals surface area contributed by atoms with Crippen LogP contribution in [-0.2, 0) is 17.6 Å². The van der Waals surface area contributed by atoms with E-state index in [4.69, 9.17) is 11.6 Å². The van der Waals surface area contributed by atoms with E-state index in [0.29, 0.717) is 18.0 Å². The number of H-pyrrole nitrogens is 1. The van der Waals surface area contributed by atoms with E-state index in [1.54, 1.807) is 15.9 Å². The molecular weight excluding hydrogens is 346 g/mol. The van der Waals surface area contributed by atoms with Crippen molar-refractivity contribution < 1.29 is 4.79 Å². The zero-order valence-corrected chi connectivity index (χ0v) is 14.2. The number of amides is 1. The van der Waals surface area contributed by atoms with Crippen LogP contribution in [0.5, 0.6) is 0 Å². The van der Waals surface area contributed by atoms with Gasteiger partial charge >= 0.3 is 0 Å². The van der Waals surface area contributed by atoms with Crippen molar-refractivity contribution in [1.29, 1.82) is 0 Å². The van der Waals surface area contributed by atoms with Crippen LogP contribution >= 0.6 is 22.9 Å². The first kappa shape index (κ1) is 15.2. The van der Waals surface area contributed by atoms with Crippen molar-refractivity contribution in [2.75, 3.05) is 6.54 Å². The van der Waals surface area contributed by atoms with Gasteiger partial charge in [0, 0.05) is 40.5 Å². The minimum absolute atomic E-state index is 0.0130. The van der Waals surface area contributed by atoms with Gasteiger partial charge in [-0.3, -0.25) is 4.79 Å². The van der Waals surface area contributed by atoms with Crippen LogP contribution in [0.1, 0.15) is 11.3 Å². The first-order valence-electron chi connectivity index (χ1n) is 7.49. The van der Waals surface area contributed by atoms with Crippen molar-refractivity contribution in [3.63, 3.8) is 0 Å². The predicted octanol–water partition coefficient (Wildman–Crippen LogP) is 2.83. The molecular formula is C16H14ClN5OS. The van der Waals surface area contributed by atoms with Crippen molar-refractivity contribution in [2.24, 2.45) is 0 Å². The lowest BCUT2D eigenvalue weighted by molar-refractivity contribution is -0.120. The fourth-order valence-electron chi connectivity index (χ4n) is 2.71. The molecule has 0 spiro atoms. The molecule has 3 aromatic heterocycles. The molecule has 0 bridgehead atoms. The van der Waals surface area contributed by atoms with Crippen molar-refractivity contribution in [3.05, 3.63) is 52.4 Å². The van der Waals surface area contributed by atoms with Gasteiger partial charge in [-0.1, -0.05) is 11.6 Å². The summed E-state index contributed by atoms with van der Waals surface area (Å²) in [6.45, 7) is 0.563. The maximum atomic E-state index is 12.2. The van der Waals surface area contributed by atoms with Crippen molar-refractivity contribution in [2.45, 2.75) is 12.8 Å². The average molecular weight is 360 g/mol. The van der Waals surface area contributed by atoms with E-state index < -0.39 is 0 Å². The molecule has 0 fully saturated rings. The number of hydrogen-bond acceptors (Lipinski definition) is 4. The Morgan fingerprint density at radius 2 is 2.33 bits per heavy atom. The first-order valence-corrected chi connectivity index (χ1v) is 8.75. The summed E-state index contributed by atoms with van der Waals surface area (Å²) >= 11 is 7.58. The Hall–Kier alpha value is -2.38. The number of carbonyl (C=O) groups excluding carboxylic acids is 1. The van der Waals surface area contributed by atoms with E-state index in [9.17, 15) is 4.79 Å². The largest absolute Gasteiger partial charge is 0.361 e. The Kier molecular flexibility index (Phi) is 3.95. The quantitative estimate of drug-likeness (QED) is 0.575. The number of hydrogen-bond donors (Lipinski definition) is 2. The fraction of sp³-hybridized carbons (Fsp3) is 0.188. The third-order valence-electron chi connectivity index (χ3n) is 3.87. The van der Waals surface area contributed by atoms with Gasteiger partial charge in [-0.05, 0) is 23.8 Å². The summed E-state index contributed by atoms with van der Waals surface area (Å²) in [5.74, 6) is -0.0130. The minimum Gasteiger partial charge on any atom is -0.361 e. The molecule has 0 unspecified atom stereocenters. The number of aromatic nitrogens is 4. The van der Waals surface area contributed by atoms with Crippen molar-refractivity contribution >= 4 is 44.7 Å². The van der Waals surface area contributed by atoms with Gasteiger partial charge in [-0.2, -0.15) is 5.10 Å². The summed E-state index contributed by atoms with van der Waals surface area (Å²) < 4.78 is 1.80. The lowest BCUT2D eigenvalue weighted by Crippen LogP contribution is -2.27. The second-order valence-corrected chi connectivity index (χ2v) is 6.73. The summed E-state index contributed by atoms with van der Waals surface area (Å²) in [4.78, 5) is 20.4. The van der Waals surface area contributed by atoms with Crippen LogP contribution in [0.3, 0.4) is 0 Å². The molecule has 0 aliphatic carbocycles. The molecule has 0 saturated heterocycles. The zero-order chi connectivity index (χ0) is 16.5. The van der Waals surface area contributed by atoms with E-state index in [1.807, 2.05) is 29.8 Å². The van der Waals surface area contributed by atoms with E-state index >= 15 is 0 Å². The average Bonchev–Trinajstić information content (AvgIpc) is 3.25. The number of nitrogens with zero attached hydrogens (tertiary/aromatic N) is 3. The van der Waals surface area contributed by atoms with Crippen LogP contribution in [0, 0.1) is 0 Å². The summed E-state index contributed by atoms with van der Waals surface area (Å²) in [5, 5.41) is 10.8. The highest BCUT2D eigenvalue weighted by atomic mass is 35.5. The van der Waals surface area contributed by atoms with Crippen LogP contribution in [0.2, 0.25) is 5.02 Å². The predicted molar refractivity (Wildman–Crippen MR) is 94.6 cm³/mol. The fourth-order valence-corrected chi connectivity index (χ4v) is 3.71. The number of nitrogens with one attached hydrogen (secondary N) is 2. The summed E-state index contributed by atoms with van der Waals surface area (Å²) in [7, 11) is 0. The Morgan fingerprint density at radius 3 is 3.25 bits per heavy atom. The third kappa shape index (κ3) is 2.88. The molecule has 0 radical (unpaired) electrons. The normalized spacial score (nSPS) is 11.4. The van der Waals surface area contributed by atoms with Gasteiger partial charge in [-0.25, -0.2) is 9.50 Å². The molecule has 122 valence electrons. The Morgan fingerprint density at radius 1 is 1.42 bits per heavy atom. The number of halogens is 1. The highest BCUT2D eigenvalue weighted by molar-refractivity contribution is 7.15. The summed E-state index contributed by atoms with van der Waals surface area (Å²) in [6, 6.07) is 5.62. The topological polar surface area (TPSA) is 75.1 Å². The first-order chi connectivity index (χ1) is 11.7. The molecule has 2 N–H and O–H groups in total. The van der Waals surface area contributed by atoms with Crippen LogP contribution in [0.25, 0.3) is 15.9 Å². The second-order valence-electron chi connectivity index (χ2n) is 5.46. The molecule has 3 heterocycles. The smallest absolute Gasteiger partial charge is 0.224 e. The van der Waals surface area contributed by atoms with Gasteiger partial charge in [0.25, 0.3) is 0 Å². The molecule has 1 amide bonds. The number of rotatable bonds is 5. The zero-order valence-electron chi connectivity index (χ0n) is 12.6. The molecule has 0 aliphatic heterocycles. The van der Waals surface area contributed by atoms with Gasteiger partial charge in [0.1, 0.15) is 6.33 Å². The standard InChI is InChI=1S/C16H14ClN5OS/c17-11-1-2-14-13(6-11)10(7-19-14)5-15(23)18-4-3-12-8-24-16-20-9-21-22(12)16/h1-2,6-9,19H,3-5H2,(H,18,23). The van der Waals surface area contributed by atoms with Crippen LogP contribution in [0.4, 0.5) is 0 Å². The number of aromatic amines is 1. The monoisotopic (exact) mass is 359 g/mol. The molecule has 4 aromatic rings. The van der Waals surface area contributed by atoms with E-state index in [-0.39, 0.29) is 5.91 Å². The van der Waals surface area contributed by atoms with Crippen LogP contribution in [-0.4, -0.2) is 32.0 Å². The van der Waals surface area contributed by atoms with Gasteiger partial charge in [-0.15, -0.1) is 11.3 Å².